The van der Waals surface area contributed by atoms with Gasteiger partial charge in [0, 0.05) is 26.2 Å². The minimum Gasteiger partial charge on any atom is -0.370 e. The maximum absolute atomic E-state index is 14.0. The number of Topliss-reactive ketones (excluding diaryl/α,β-unsaturated/α-hetero) is 3. The Morgan fingerprint density at radius 3 is 1.31 bits per heavy atom. The second kappa shape index (κ2) is 25.0. The molecule has 2 saturated heterocycles. The van der Waals surface area contributed by atoms with Crippen LogP contribution in [0.5, 0.6) is 0 Å². The summed E-state index contributed by atoms with van der Waals surface area (Å²) in [4.78, 5) is 99.1. The van der Waals surface area contributed by atoms with Crippen LogP contribution in [-0.4, -0.2) is 136 Å². The SMILES string of the molecule is N=C(N)NCCCC(NC(=O)C1CCCN1C(=O)[C@H](N)Cc1ccccc1)C(=O)C(Cl)C(=O)C(Cl)C(=O)C(CCCNC(=N)N)NC(=O)C1CCCN1C(=O)[C@H](N)Cc1ccccc1. The van der Waals surface area contributed by atoms with E-state index in [0.29, 0.717) is 12.8 Å². The first kappa shape index (κ1) is 51.0. The highest BCUT2D eigenvalue weighted by Crippen LogP contribution is 2.23. The molecular formula is C43H60Cl2N12O7. The number of guanidine groups is 2. The van der Waals surface area contributed by atoms with E-state index in [1.165, 1.54) is 9.80 Å². The quantitative estimate of drug-likeness (QED) is 0.0210. The minimum atomic E-state index is -2.04. The summed E-state index contributed by atoms with van der Waals surface area (Å²) in [6.07, 6.45) is 2.23. The molecule has 2 aromatic rings. The third-order valence-electron chi connectivity index (χ3n) is 11.2. The molecular weight excluding hydrogens is 867 g/mol. The molecule has 2 aliphatic rings. The largest absolute Gasteiger partial charge is 0.370 e. The van der Waals surface area contributed by atoms with Crippen molar-refractivity contribution < 1.29 is 33.6 Å². The Hall–Kier alpha value is -5.63. The van der Waals surface area contributed by atoms with Gasteiger partial charge in [0.15, 0.2) is 40.0 Å². The molecule has 0 aliphatic carbocycles. The van der Waals surface area contributed by atoms with E-state index < -0.39 is 88.0 Å². The third kappa shape index (κ3) is 14.7. The first-order valence-corrected chi connectivity index (χ1v) is 22.2. The molecule has 2 aromatic carbocycles. The summed E-state index contributed by atoms with van der Waals surface area (Å²) in [7, 11) is 0. The van der Waals surface area contributed by atoms with Gasteiger partial charge in [0.1, 0.15) is 12.1 Å². The van der Waals surface area contributed by atoms with Gasteiger partial charge in [-0.1, -0.05) is 60.7 Å². The van der Waals surface area contributed by atoms with Crippen molar-refractivity contribution in [2.45, 2.75) is 111 Å². The summed E-state index contributed by atoms with van der Waals surface area (Å²) in [5.74, 6) is -6.04. The van der Waals surface area contributed by atoms with Crippen LogP contribution in [0.25, 0.3) is 0 Å². The lowest BCUT2D eigenvalue weighted by molar-refractivity contribution is -0.140. The molecule has 8 atom stereocenters. The van der Waals surface area contributed by atoms with Crippen LogP contribution in [0.2, 0.25) is 0 Å². The number of carbonyl (C=O) groups excluding carboxylic acids is 7. The lowest BCUT2D eigenvalue weighted by atomic mass is 9.95. The molecule has 64 heavy (non-hydrogen) atoms. The lowest BCUT2D eigenvalue weighted by Gasteiger charge is -2.29. The summed E-state index contributed by atoms with van der Waals surface area (Å²) < 4.78 is 0. The maximum Gasteiger partial charge on any atom is 0.243 e. The monoisotopic (exact) mass is 926 g/mol. The van der Waals surface area contributed by atoms with Crippen LogP contribution in [-0.2, 0) is 46.4 Å². The Morgan fingerprint density at radius 1 is 0.609 bits per heavy atom. The molecule has 0 bridgehead atoms. The molecule has 4 amide bonds. The molecule has 0 aromatic heterocycles. The van der Waals surface area contributed by atoms with Crippen molar-refractivity contribution in [2.24, 2.45) is 22.9 Å². The summed E-state index contributed by atoms with van der Waals surface area (Å²) in [6.45, 7) is 0.759. The molecule has 0 spiro atoms. The smallest absolute Gasteiger partial charge is 0.243 e. The van der Waals surface area contributed by atoms with Crippen LogP contribution in [0.15, 0.2) is 60.7 Å². The molecule has 19 nitrogen and oxygen atoms in total. The fourth-order valence-corrected chi connectivity index (χ4v) is 8.49. The molecule has 6 unspecified atom stereocenters. The number of halogens is 2. The molecule has 4 rings (SSSR count). The average molecular weight is 928 g/mol. The van der Waals surface area contributed by atoms with Gasteiger partial charge in [0.25, 0.3) is 0 Å². The van der Waals surface area contributed by atoms with E-state index >= 15 is 0 Å². The highest BCUT2D eigenvalue weighted by Gasteiger charge is 2.43. The van der Waals surface area contributed by atoms with Crippen molar-refractivity contribution in [3.05, 3.63) is 71.8 Å². The van der Waals surface area contributed by atoms with Crippen LogP contribution in [0.4, 0.5) is 0 Å². The van der Waals surface area contributed by atoms with Gasteiger partial charge in [-0.2, -0.15) is 0 Å². The van der Waals surface area contributed by atoms with E-state index in [1.54, 1.807) is 0 Å². The van der Waals surface area contributed by atoms with E-state index in [4.69, 9.17) is 57.0 Å². The van der Waals surface area contributed by atoms with E-state index in [1.807, 2.05) is 60.7 Å². The van der Waals surface area contributed by atoms with Gasteiger partial charge in [0.05, 0.1) is 24.2 Å². The lowest BCUT2D eigenvalue weighted by Crippen LogP contribution is -2.56. The predicted octanol–water partition coefficient (Wildman–Crippen LogP) is -0.473. The number of alkyl halides is 2. The van der Waals surface area contributed by atoms with E-state index in [0.717, 1.165) is 11.1 Å². The van der Waals surface area contributed by atoms with Crippen molar-refractivity contribution in [3.8, 4) is 0 Å². The Bertz CT molecular complexity index is 1840. The van der Waals surface area contributed by atoms with Crippen LogP contribution < -0.4 is 44.2 Å². The summed E-state index contributed by atoms with van der Waals surface area (Å²) in [5.41, 5.74) is 25.1. The molecule has 2 fully saturated rings. The van der Waals surface area contributed by atoms with E-state index in [-0.39, 0.29) is 89.5 Å². The molecule has 14 N–H and O–H groups in total. The zero-order chi connectivity index (χ0) is 46.9. The number of benzene rings is 2. The Balaban J connectivity index is 1.47. The topological polar surface area (TPSA) is 326 Å². The minimum absolute atomic E-state index is 0.0795. The number of amides is 4. The predicted molar refractivity (Wildman–Crippen MR) is 242 cm³/mol. The number of likely N-dealkylation sites (tertiary alicyclic amines) is 2. The summed E-state index contributed by atoms with van der Waals surface area (Å²) >= 11 is 13.0. The Labute approximate surface area is 382 Å². The molecule has 2 heterocycles. The van der Waals surface area contributed by atoms with Gasteiger partial charge in [-0.15, -0.1) is 23.2 Å². The zero-order valence-corrected chi connectivity index (χ0v) is 37.1. The maximum atomic E-state index is 14.0. The highest BCUT2D eigenvalue weighted by atomic mass is 35.5. The molecule has 21 heteroatoms. The third-order valence-corrected chi connectivity index (χ3v) is 12.1. The normalized spacial score (nSPS) is 18.7. The van der Waals surface area contributed by atoms with Crippen molar-refractivity contribution in [1.29, 1.82) is 10.8 Å². The fraction of sp³-hybridized carbons (Fsp3) is 0.512. The van der Waals surface area contributed by atoms with Crippen molar-refractivity contribution >= 4 is 76.1 Å². The molecule has 0 radical (unpaired) electrons. The second-order valence-electron chi connectivity index (χ2n) is 16.0. The van der Waals surface area contributed by atoms with Gasteiger partial charge in [-0.25, -0.2) is 0 Å². The van der Waals surface area contributed by atoms with Crippen LogP contribution in [0, 0.1) is 10.8 Å². The van der Waals surface area contributed by atoms with Gasteiger partial charge in [-0.3, -0.25) is 44.4 Å². The Kier molecular flexibility index (Phi) is 19.9. The number of nitrogens with zero attached hydrogens (tertiary/aromatic N) is 2. The fourth-order valence-electron chi connectivity index (χ4n) is 7.87. The zero-order valence-electron chi connectivity index (χ0n) is 35.6. The summed E-state index contributed by atoms with van der Waals surface area (Å²) in [6, 6.07) is 11.7. The highest BCUT2D eigenvalue weighted by molar-refractivity contribution is 6.52. The van der Waals surface area contributed by atoms with Gasteiger partial charge < -0.3 is 54.0 Å². The number of hydrogen-bond donors (Lipinski definition) is 10. The van der Waals surface area contributed by atoms with Crippen LogP contribution in [0.1, 0.15) is 62.5 Å². The average Bonchev–Trinajstić information content (AvgIpc) is 3.98. The first-order valence-electron chi connectivity index (χ1n) is 21.4. The molecule has 2 aliphatic heterocycles. The van der Waals surface area contributed by atoms with Gasteiger partial charge in [0.2, 0.25) is 23.6 Å². The number of nitrogens with two attached hydrogens (primary N) is 4. The van der Waals surface area contributed by atoms with Gasteiger partial charge >= 0.3 is 0 Å². The number of carbonyl (C=O) groups is 7. The molecule has 348 valence electrons. The van der Waals surface area contributed by atoms with Crippen LogP contribution in [0.3, 0.4) is 0 Å². The van der Waals surface area contributed by atoms with Crippen molar-refractivity contribution in [3.63, 3.8) is 0 Å². The Morgan fingerprint density at radius 2 is 0.969 bits per heavy atom. The van der Waals surface area contributed by atoms with Gasteiger partial charge in [-0.05, 0) is 75.3 Å². The molecule has 0 saturated carbocycles. The standard InChI is InChI=1S/C43H60Cl2N12O7/c44-33(35(58)29(15-7-19-52-42(48)49)54-38(61)31-17-9-21-56(31)40(63)27(46)23-25-11-3-1-4-12-25)37(60)34(45)36(59)30(16-8-20-53-43(50)51)55-39(62)32-18-10-22-57(32)41(64)28(47)24-26-13-5-2-6-14-26/h1-6,11-14,27-34H,7-10,15-24,46-47H2,(H,54,61)(H,55,62)(H4,48,49,52)(H4,50,51,53)/t27-,28-,29?,30?,31?,32?,33?,34?/m1/s1. The van der Waals surface area contributed by atoms with Crippen LogP contribution >= 0.6 is 23.2 Å². The van der Waals surface area contributed by atoms with E-state index in [2.05, 4.69) is 21.3 Å². The van der Waals surface area contributed by atoms with Crippen molar-refractivity contribution in [2.75, 3.05) is 26.2 Å². The summed E-state index contributed by atoms with van der Waals surface area (Å²) in [5, 5.41) is 21.3. The number of hydrogen-bond acceptors (Lipinski definition) is 11. The van der Waals surface area contributed by atoms with Crippen molar-refractivity contribution in [1.82, 2.24) is 31.1 Å². The van der Waals surface area contributed by atoms with E-state index in [9.17, 15) is 33.6 Å². The number of rotatable bonds is 24. The second-order valence-corrected chi connectivity index (χ2v) is 16.9. The number of nitrogens with one attached hydrogen (secondary N) is 6. The number of ketones is 3. The first-order chi connectivity index (χ1) is 30.5.